The van der Waals surface area contributed by atoms with Gasteiger partial charge in [0.05, 0.1) is 0 Å². The molecule has 0 aromatic carbocycles. The average molecular weight is 171 g/mol. The Labute approximate surface area is 46.5 Å². The number of primary amides is 1. The van der Waals surface area contributed by atoms with Gasteiger partial charge in [-0.2, -0.15) is 0 Å². The van der Waals surface area contributed by atoms with Gasteiger partial charge >= 0.3 is 46.0 Å². The van der Waals surface area contributed by atoms with E-state index < -0.39 is 6.03 Å². The summed E-state index contributed by atoms with van der Waals surface area (Å²) in [4.78, 5) is 9.68. The standard InChI is InChI=1S/CH4N2OSSe/c2-1(4)3-6-5/h5H,(H3,2,3,4). The zero-order valence-corrected chi connectivity index (χ0v) is 5.45. The summed E-state index contributed by atoms with van der Waals surface area (Å²) in [6.07, 6.45) is 0. The maximum absolute atomic E-state index is 9.68. The van der Waals surface area contributed by atoms with E-state index in [2.05, 4.69) is 21.1 Å². The summed E-state index contributed by atoms with van der Waals surface area (Å²) in [5, 5.41) is 0. The molecule has 0 heterocycles. The van der Waals surface area contributed by atoms with Crippen molar-refractivity contribution in [3.8, 4) is 0 Å². The molecule has 0 radical (unpaired) electrons. The number of urea groups is 1. The predicted octanol–water partition coefficient (Wildman–Crippen LogP) is -0.881. The molecule has 5 heteroatoms. The molecular formula is CH4N2OSSe. The molecule has 6 heavy (non-hydrogen) atoms. The molecule has 0 saturated heterocycles. The molecular weight excluding hydrogens is 167 g/mol. The first kappa shape index (κ1) is 6.14. The van der Waals surface area contributed by atoms with E-state index in [0.29, 0.717) is 0 Å². The molecule has 3 N–H and O–H groups in total. The van der Waals surface area contributed by atoms with Crippen LogP contribution in [0.25, 0.3) is 0 Å². The second-order valence-electron chi connectivity index (χ2n) is 0.558. The molecule has 0 aliphatic heterocycles. The summed E-state index contributed by atoms with van der Waals surface area (Å²) in [6, 6.07) is -0.509. The molecule has 0 fully saturated rings. The van der Waals surface area contributed by atoms with Crippen LogP contribution >= 0.6 is 11.0 Å². The molecule has 3 nitrogen and oxygen atoms in total. The molecule has 0 aliphatic rings. The van der Waals surface area contributed by atoms with Crippen LogP contribution in [0.1, 0.15) is 0 Å². The zero-order chi connectivity index (χ0) is 4.99. The molecule has 0 aliphatic carbocycles. The van der Waals surface area contributed by atoms with Gasteiger partial charge in [-0.1, -0.05) is 0 Å². The van der Waals surface area contributed by atoms with Crippen LogP contribution in [0.4, 0.5) is 4.79 Å². The minimum absolute atomic E-state index is 0.133. The molecule has 2 amide bonds. The SMILES string of the molecule is NC(=O)N[Se]S. The van der Waals surface area contributed by atoms with E-state index in [4.69, 9.17) is 0 Å². The normalized spacial score (nSPS) is 7.50. The van der Waals surface area contributed by atoms with E-state index in [-0.39, 0.29) is 14.1 Å². The first-order valence-corrected chi connectivity index (χ1v) is 4.65. The fourth-order valence-electron chi connectivity index (χ4n) is 0.0450. The van der Waals surface area contributed by atoms with Crippen molar-refractivity contribution in [2.24, 2.45) is 5.73 Å². The Morgan fingerprint density at radius 3 is 2.50 bits per heavy atom. The van der Waals surface area contributed by atoms with Gasteiger partial charge in [-0.3, -0.25) is 0 Å². The van der Waals surface area contributed by atoms with Gasteiger partial charge in [0.15, 0.2) is 0 Å². The number of carbonyl (C=O) groups is 1. The fraction of sp³-hybridized carbons (Fsp3) is 0. The Morgan fingerprint density at radius 1 is 2.00 bits per heavy atom. The van der Waals surface area contributed by atoms with E-state index >= 15 is 0 Å². The molecule has 0 bridgehead atoms. The van der Waals surface area contributed by atoms with Gasteiger partial charge in [0.2, 0.25) is 0 Å². The molecule has 36 valence electrons. The van der Waals surface area contributed by atoms with Crippen molar-refractivity contribution in [3.05, 3.63) is 0 Å². The number of hydrogen-bond donors (Lipinski definition) is 3. The van der Waals surface area contributed by atoms with Gasteiger partial charge in [-0.25, -0.2) is 0 Å². The molecule has 0 spiro atoms. The minimum atomic E-state index is -0.509. The van der Waals surface area contributed by atoms with Crippen LogP contribution in [0, 0.1) is 0 Å². The Hall–Kier alpha value is 0.139. The first-order chi connectivity index (χ1) is 2.77. The first-order valence-electron chi connectivity index (χ1n) is 1.13. The summed E-state index contributed by atoms with van der Waals surface area (Å²) >= 11 is 3.58. The van der Waals surface area contributed by atoms with Crippen molar-refractivity contribution in [3.63, 3.8) is 0 Å². The van der Waals surface area contributed by atoms with Crippen molar-refractivity contribution < 1.29 is 4.79 Å². The molecule has 0 unspecified atom stereocenters. The van der Waals surface area contributed by atoms with Crippen LogP contribution in [-0.4, -0.2) is 20.1 Å². The Morgan fingerprint density at radius 2 is 2.50 bits per heavy atom. The van der Waals surface area contributed by atoms with E-state index in [9.17, 15) is 4.79 Å². The average Bonchev–Trinajstić information content (AvgIpc) is 1.35. The Kier molecular flexibility index (Phi) is 3.41. The van der Waals surface area contributed by atoms with E-state index in [1.165, 1.54) is 0 Å². The van der Waals surface area contributed by atoms with Gasteiger partial charge in [-0.05, 0) is 0 Å². The predicted molar refractivity (Wildman–Crippen MR) is 27.5 cm³/mol. The Bertz CT molecular complexity index is 57.5. The zero-order valence-electron chi connectivity index (χ0n) is 2.84. The van der Waals surface area contributed by atoms with Crippen LogP contribution in [0.5, 0.6) is 0 Å². The van der Waals surface area contributed by atoms with Crippen LogP contribution in [0.2, 0.25) is 0 Å². The summed E-state index contributed by atoms with van der Waals surface area (Å²) in [5.41, 5.74) is 4.62. The van der Waals surface area contributed by atoms with Gasteiger partial charge in [0, 0.05) is 0 Å². The third-order valence-corrected chi connectivity index (χ3v) is 1.23. The quantitative estimate of drug-likeness (QED) is 0.348. The molecule has 0 aromatic rings. The number of amides is 2. The van der Waals surface area contributed by atoms with Crippen molar-refractivity contribution in [2.75, 3.05) is 0 Å². The van der Waals surface area contributed by atoms with Crippen LogP contribution in [0.15, 0.2) is 0 Å². The maximum atomic E-state index is 9.68. The summed E-state index contributed by atoms with van der Waals surface area (Å²) in [7, 11) is 0. The summed E-state index contributed by atoms with van der Waals surface area (Å²) < 4.78 is 2.27. The topological polar surface area (TPSA) is 55.1 Å². The van der Waals surface area contributed by atoms with Crippen molar-refractivity contribution in [2.45, 2.75) is 0 Å². The molecule has 0 saturated carbocycles. The molecule has 0 atom stereocenters. The van der Waals surface area contributed by atoms with Crippen LogP contribution in [0.3, 0.4) is 0 Å². The number of hydrogen-bond acceptors (Lipinski definition) is 2. The molecule has 0 rings (SSSR count). The van der Waals surface area contributed by atoms with E-state index in [1.54, 1.807) is 0 Å². The Balaban J connectivity index is 2.83. The second-order valence-corrected chi connectivity index (χ2v) is 2.32. The van der Waals surface area contributed by atoms with E-state index in [1.807, 2.05) is 0 Å². The van der Waals surface area contributed by atoms with Gasteiger partial charge in [0.25, 0.3) is 0 Å². The number of rotatable bonds is 1. The van der Waals surface area contributed by atoms with Crippen molar-refractivity contribution >= 4 is 31.1 Å². The summed E-state index contributed by atoms with van der Waals surface area (Å²) in [6.45, 7) is 0. The fourth-order valence-corrected chi connectivity index (χ4v) is 0.701. The third kappa shape index (κ3) is 4.14. The van der Waals surface area contributed by atoms with Gasteiger partial charge < -0.3 is 0 Å². The van der Waals surface area contributed by atoms with Crippen LogP contribution in [-0.2, 0) is 0 Å². The molecule has 0 aromatic heterocycles. The number of nitrogens with two attached hydrogens (primary N) is 1. The van der Waals surface area contributed by atoms with Crippen molar-refractivity contribution in [1.29, 1.82) is 0 Å². The van der Waals surface area contributed by atoms with Gasteiger partial charge in [0.1, 0.15) is 0 Å². The van der Waals surface area contributed by atoms with E-state index in [0.717, 1.165) is 0 Å². The third-order valence-electron chi connectivity index (χ3n) is 0.146. The number of thiol groups is 1. The van der Waals surface area contributed by atoms with Crippen molar-refractivity contribution in [1.82, 2.24) is 4.33 Å². The number of nitrogens with one attached hydrogen (secondary N) is 1. The summed E-state index contributed by atoms with van der Waals surface area (Å²) in [5.74, 6) is 0. The number of carbonyl (C=O) groups excluding carboxylic acids is 1. The second kappa shape index (κ2) is 3.33. The van der Waals surface area contributed by atoms with Gasteiger partial charge in [-0.15, -0.1) is 0 Å². The van der Waals surface area contributed by atoms with Crippen LogP contribution < -0.4 is 10.1 Å². The monoisotopic (exact) mass is 172 g/mol.